The largest absolute Gasteiger partial charge is 0.327 e. The first-order valence-electron chi connectivity index (χ1n) is 5.83. The zero-order valence-corrected chi connectivity index (χ0v) is 11.1. The number of allylic oxidation sites excluding steroid dienone is 10. The minimum absolute atomic E-state index is 0.551. The van der Waals surface area contributed by atoms with Gasteiger partial charge in [0.2, 0.25) is 0 Å². The zero-order valence-electron chi connectivity index (χ0n) is 11.1. The van der Waals surface area contributed by atoms with Crippen molar-refractivity contribution in [3.8, 4) is 0 Å². The summed E-state index contributed by atoms with van der Waals surface area (Å²) in [4.78, 5) is 0. The van der Waals surface area contributed by atoms with E-state index in [1.165, 1.54) is 5.57 Å². The summed E-state index contributed by atoms with van der Waals surface area (Å²) in [5.41, 5.74) is 8.95. The third-order valence-electron chi connectivity index (χ3n) is 2.26. The van der Waals surface area contributed by atoms with E-state index < -0.39 is 0 Å². The molecule has 1 heteroatoms. The summed E-state index contributed by atoms with van der Waals surface area (Å²) >= 11 is 0. The van der Waals surface area contributed by atoms with Crippen molar-refractivity contribution in [1.82, 2.24) is 0 Å². The lowest BCUT2D eigenvalue weighted by atomic mass is 10.1. The highest BCUT2D eigenvalue weighted by Gasteiger charge is 1.90. The van der Waals surface area contributed by atoms with Crippen LogP contribution in [0.4, 0.5) is 0 Å². The molecular weight excluding hydrogens is 206 g/mol. The molecule has 0 heterocycles. The number of hydrogen-bond donors (Lipinski definition) is 1. The zero-order chi connectivity index (χ0) is 13.1. The number of rotatable bonds is 6. The van der Waals surface area contributed by atoms with Gasteiger partial charge < -0.3 is 5.73 Å². The van der Waals surface area contributed by atoms with Gasteiger partial charge in [0.25, 0.3) is 0 Å². The standard InChI is InChI=1S/C16H23N/c1-5-9-14(3)10-7-11-16(12-8-13-17)15(4)6-2/h5-12H,2,13,17H2,1,3-4H3/b9-5-,11-7+,12-8-,14-10-,16-15-. The van der Waals surface area contributed by atoms with Crippen LogP contribution < -0.4 is 5.73 Å². The maximum absolute atomic E-state index is 5.45. The fraction of sp³-hybridized carbons (Fsp3) is 0.250. The SMILES string of the molecule is C=C/C(C)=C(\C=C/CN)/C=C/C=C(C)\C=C/C. The number of hydrogen-bond acceptors (Lipinski definition) is 1. The van der Waals surface area contributed by atoms with E-state index in [2.05, 4.69) is 31.7 Å². The van der Waals surface area contributed by atoms with E-state index in [4.69, 9.17) is 5.73 Å². The van der Waals surface area contributed by atoms with Gasteiger partial charge in [-0.2, -0.15) is 0 Å². The van der Waals surface area contributed by atoms with Crippen LogP contribution in [0.3, 0.4) is 0 Å². The second-order valence-electron chi connectivity index (χ2n) is 3.75. The van der Waals surface area contributed by atoms with Crippen LogP contribution in [0, 0.1) is 0 Å². The summed E-state index contributed by atoms with van der Waals surface area (Å²) in [6.07, 6.45) is 16.1. The van der Waals surface area contributed by atoms with Crippen molar-refractivity contribution in [2.24, 2.45) is 5.73 Å². The molecule has 0 bridgehead atoms. The van der Waals surface area contributed by atoms with Gasteiger partial charge in [0.1, 0.15) is 0 Å². The van der Waals surface area contributed by atoms with Crippen LogP contribution in [0.1, 0.15) is 20.8 Å². The van der Waals surface area contributed by atoms with E-state index in [-0.39, 0.29) is 0 Å². The Balaban J connectivity index is 4.89. The molecule has 0 radical (unpaired) electrons. The van der Waals surface area contributed by atoms with Crippen molar-refractivity contribution in [1.29, 1.82) is 0 Å². The molecule has 1 nitrogen and oxygen atoms in total. The first-order valence-corrected chi connectivity index (χ1v) is 5.83. The van der Waals surface area contributed by atoms with Gasteiger partial charge in [-0.3, -0.25) is 0 Å². The molecule has 0 saturated carbocycles. The van der Waals surface area contributed by atoms with Gasteiger partial charge >= 0.3 is 0 Å². The molecule has 0 amide bonds. The van der Waals surface area contributed by atoms with Gasteiger partial charge in [0.05, 0.1) is 0 Å². The van der Waals surface area contributed by atoms with Crippen LogP contribution in [0.15, 0.2) is 71.9 Å². The molecule has 0 aliphatic heterocycles. The lowest BCUT2D eigenvalue weighted by Gasteiger charge is -1.98. The van der Waals surface area contributed by atoms with E-state index in [0.29, 0.717) is 6.54 Å². The molecule has 0 rings (SSSR count). The third kappa shape index (κ3) is 7.31. The molecule has 0 aliphatic rings. The molecule has 0 aromatic rings. The third-order valence-corrected chi connectivity index (χ3v) is 2.26. The van der Waals surface area contributed by atoms with Crippen molar-refractivity contribution < 1.29 is 0 Å². The Morgan fingerprint density at radius 1 is 1.18 bits per heavy atom. The monoisotopic (exact) mass is 229 g/mol. The first kappa shape index (κ1) is 15.4. The van der Waals surface area contributed by atoms with Gasteiger partial charge in [-0.1, -0.05) is 60.8 Å². The molecular formula is C16H23N. The Kier molecular flexibility index (Phi) is 8.71. The van der Waals surface area contributed by atoms with Crippen molar-refractivity contribution >= 4 is 0 Å². The molecule has 0 fully saturated rings. The lowest BCUT2D eigenvalue weighted by molar-refractivity contribution is 1.25. The van der Waals surface area contributed by atoms with Gasteiger partial charge in [-0.15, -0.1) is 0 Å². The normalized spacial score (nSPS) is 14.9. The minimum Gasteiger partial charge on any atom is -0.327 e. The van der Waals surface area contributed by atoms with Crippen molar-refractivity contribution in [3.05, 3.63) is 71.9 Å². The van der Waals surface area contributed by atoms with E-state index in [0.717, 1.165) is 11.1 Å². The molecule has 17 heavy (non-hydrogen) atoms. The first-order chi connectivity index (χ1) is 8.15. The molecule has 92 valence electrons. The highest BCUT2D eigenvalue weighted by molar-refractivity contribution is 5.40. The molecule has 0 atom stereocenters. The number of nitrogens with two attached hydrogens (primary N) is 1. The molecule has 0 saturated heterocycles. The average Bonchev–Trinajstić information content (AvgIpc) is 2.32. The molecule has 0 aromatic heterocycles. The van der Waals surface area contributed by atoms with E-state index >= 15 is 0 Å². The van der Waals surface area contributed by atoms with Crippen LogP contribution in [0.25, 0.3) is 0 Å². The van der Waals surface area contributed by atoms with Crippen LogP contribution in [0.5, 0.6) is 0 Å². The highest BCUT2D eigenvalue weighted by Crippen LogP contribution is 2.09. The van der Waals surface area contributed by atoms with E-state index in [1.807, 2.05) is 44.2 Å². The van der Waals surface area contributed by atoms with Gasteiger partial charge in [0, 0.05) is 6.54 Å². The predicted octanol–water partition coefficient (Wildman–Crippen LogP) is 4.08. The van der Waals surface area contributed by atoms with Crippen LogP contribution in [-0.4, -0.2) is 6.54 Å². The van der Waals surface area contributed by atoms with Crippen LogP contribution >= 0.6 is 0 Å². The Bertz CT molecular complexity index is 376. The molecule has 2 N–H and O–H groups in total. The van der Waals surface area contributed by atoms with Crippen molar-refractivity contribution in [2.75, 3.05) is 6.54 Å². The Hall–Kier alpha value is -1.60. The average molecular weight is 229 g/mol. The van der Waals surface area contributed by atoms with E-state index in [1.54, 1.807) is 0 Å². The van der Waals surface area contributed by atoms with Crippen molar-refractivity contribution in [2.45, 2.75) is 20.8 Å². The second kappa shape index (κ2) is 9.61. The second-order valence-corrected chi connectivity index (χ2v) is 3.75. The molecule has 0 aromatic carbocycles. The van der Waals surface area contributed by atoms with Gasteiger partial charge in [-0.25, -0.2) is 0 Å². The van der Waals surface area contributed by atoms with Gasteiger partial charge in [-0.05, 0) is 31.9 Å². The Morgan fingerprint density at radius 2 is 1.88 bits per heavy atom. The quantitative estimate of drug-likeness (QED) is 0.682. The Morgan fingerprint density at radius 3 is 2.41 bits per heavy atom. The highest BCUT2D eigenvalue weighted by atomic mass is 14.5. The smallest absolute Gasteiger partial charge is 0.0110 e. The predicted molar refractivity (Wildman–Crippen MR) is 78.8 cm³/mol. The summed E-state index contributed by atoms with van der Waals surface area (Å²) < 4.78 is 0. The molecule has 0 unspecified atom stereocenters. The molecule has 0 spiro atoms. The maximum Gasteiger partial charge on any atom is 0.0110 e. The fourth-order valence-corrected chi connectivity index (χ4v) is 1.25. The Labute approximate surface area is 105 Å². The topological polar surface area (TPSA) is 26.0 Å². The summed E-state index contributed by atoms with van der Waals surface area (Å²) in [7, 11) is 0. The maximum atomic E-state index is 5.45. The lowest BCUT2D eigenvalue weighted by Crippen LogP contribution is -1.92. The summed E-state index contributed by atoms with van der Waals surface area (Å²) in [6.45, 7) is 10.5. The van der Waals surface area contributed by atoms with Gasteiger partial charge in [0.15, 0.2) is 0 Å². The van der Waals surface area contributed by atoms with Crippen LogP contribution in [-0.2, 0) is 0 Å². The molecule has 0 aliphatic carbocycles. The fourth-order valence-electron chi connectivity index (χ4n) is 1.25. The minimum atomic E-state index is 0.551. The van der Waals surface area contributed by atoms with E-state index in [9.17, 15) is 0 Å². The van der Waals surface area contributed by atoms with Crippen LogP contribution in [0.2, 0.25) is 0 Å². The van der Waals surface area contributed by atoms with Crippen molar-refractivity contribution in [3.63, 3.8) is 0 Å². The summed E-state index contributed by atoms with van der Waals surface area (Å²) in [5, 5.41) is 0. The summed E-state index contributed by atoms with van der Waals surface area (Å²) in [5.74, 6) is 0. The summed E-state index contributed by atoms with van der Waals surface area (Å²) in [6, 6.07) is 0.